The van der Waals surface area contributed by atoms with Crippen molar-refractivity contribution in [3.63, 3.8) is 0 Å². The molecule has 0 fully saturated rings. The zero-order chi connectivity index (χ0) is 16.1. The average molecular weight is 302 g/mol. The molecule has 0 saturated carbocycles. The van der Waals surface area contributed by atoms with E-state index in [0.717, 1.165) is 11.6 Å². The number of methoxy groups -OCH3 is 2. The van der Waals surface area contributed by atoms with Gasteiger partial charge in [0.05, 0.1) is 19.8 Å². The molecule has 5 heteroatoms. The number of ether oxygens (including phenoxy) is 2. The van der Waals surface area contributed by atoms with Gasteiger partial charge in [-0.2, -0.15) is 0 Å². The Hall–Kier alpha value is -2.69. The quantitative estimate of drug-likeness (QED) is 0.802. The molecule has 2 rings (SSSR count). The third-order valence-corrected chi connectivity index (χ3v) is 3.40. The molecule has 0 aliphatic rings. The smallest absolute Gasteiger partial charge is 0.166 e. The molecule has 0 aliphatic heterocycles. The third-order valence-electron chi connectivity index (χ3n) is 3.40. The van der Waals surface area contributed by atoms with Crippen LogP contribution < -0.4 is 9.47 Å². The summed E-state index contributed by atoms with van der Waals surface area (Å²) in [6, 6.07) is 9.36. The lowest BCUT2D eigenvalue weighted by atomic mass is 10.0. The van der Waals surface area contributed by atoms with E-state index in [1.54, 1.807) is 26.4 Å². The van der Waals surface area contributed by atoms with E-state index >= 15 is 0 Å². The topological polar surface area (TPSA) is 76.0 Å². The Balaban J connectivity index is 2.11. The second-order valence-corrected chi connectivity index (χ2v) is 4.80. The minimum absolute atomic E-state index is 0.0779. The van der Waals surface area contributed by atoms with Gasteiger partial charge in [-0.1, -0.05) is 6.07 Å². The van der Waals surface area contributed by atoms with Crippen LogP contribution >= 0.6 is 0 Å². The lowest BCUT2D eigenvalue weighted by molar-refractivity contribution is 0.0980. The summed E-state index contributed by atoms with van der Waals surface area (Å²) in [7, 11) is 3.14. The van der Waals surface area contributed by atoms with E-state index in [0.29, 0.717) is 17.9 Å². The Morgan fingerprint density at radius 2 is 1.82 bits per heavy atom. The molecule has 0 atom stereocenters. The number of rotatable bonds is 6. The molecule has 0 amide bonds. The fourth-order valence-corrected chi connectivity index (χ4v) is 2.20. The van der Waals surface area contributed by atoms with Crippen molar-refractivity contribution in [3.05, 3.63) is 47.5 Å². The first-order valence-corrected chi connectivity index (χ1v) is 6.81. The molecule has 5 nitrogen and oxygen atoms in total. The van der Waals surface area contributed by atoms with Gasteiger partial charge in [0.15, 0.2) is 5.78 Å². The van der Waals surface area contributed by atoms with Crippen molar-refractivity contribution >= 4 is 5.78 Å². The number of carbonyl (C=O) groups excluding carboxylic acids is 1. The van der Waals surface area contributed by atoms with E-state index in [9.17, 15) is 15.0 Å². The number of aromatic hydroxyl groups is 2. The zero-order valence-corrected chi connectivity index (χ0v) is 12.5. The van der Waals surface area contributed by atoms with Crippen LogP contribution in [0.3, 0.4) is 0 Å². The average Bonchev–Trinajstić information content (AvgIpc) is 2.52. The van der Waals surface area contributed by atoms with Crippen molar-refractivity contribution in [1.29, 1.82) is 0 Å². The number of phenols is 2. The lowest BCUT2D eigenvalue weighted by Crippen LogP contribution is -2.03. The number of hydrogen-bond donors (Lipinski definition) is 2. The highest BCUT2D eigenvalue weighted by molar-refractivity contribution is 5.98. The van der Waals surface area contributed by atoms with Gasteiger partial charge in [-0.05, 0) is 30.2 Å². The molecule has 0 radical (unpaired) electrons. The SMILES string of the molecule is COc1ccc(CCC(=O)c2ccc(O)cc2O)c(OC)c1. The Morgan fingerprint density at radius 1 is 1.05 bits per heavy atom. The number of Topliss-reactive ketones (excluding diaryl/α,β-unsaturated/α-hetero) is 1. The van der Waals surface area contributed by atoms with E-state index in [1.165, 1.54) is 12.1 Å². The summed E-state index contributed by atoms with van der Waals surface area (Å²) < 4.78 is 10.4. The van der Waals surface area contributed by atoms with Crippen molar-refractivity contribution in [1.82, 2.24) is 0 Å². The third kappa shape index (κ3) is 3.49. The van der Waals surface area contributed by atoms with Gasteiger partial charge in [-0.15, -0.1) is 0 Å². The molecule has 22 heavy (non-hydrogen) atoms. The standard InChI is InChI=1S/C17H18O5/c1-21-13-6-3-11(17(10-13)22-2)4-8-15(19)14-7-5-12(18)9-16(14)20/h3,5-7,9-10,18,20H,4,8H2,1-2H3. The summed E-state index contributed by atoms with van der Waals surface area (Å²) in [5.74, 6) is 0.845. The second-order valence-electron chi connectivity index (χ2n) is 4.80. The molecular weight excluding hydrogens is 284 g/mol. The number of phenolic OH excluding ortho intramolecular Hbond substituents is 2. The van der Waals surface area contributed by atoms with Gasteiger partial charge in [0, 0.05) is 18.6 Å². The van der Waals surface area contributed by atoms with Crippen LogP contribution in [0, 0.1) is 0 Å². The van der Waals surface area contributed by atoms with Crippen LogP contribution in [-0.4, -0.2) is 30.2 Å². The van der Waals surface area contributed by atoms with Crippen molar-refractivity contribution in [2.75, 3.05) is 14.2 Å². The summed E-state index contributed by atoms with van der Waals surface area (Å²) in [6.45, 7) is 0. The number of hydrogen-bond acceptors (Lipinski definition) is 5. The summed E-state index contributed by atoms with van der Waals surface area (Å²) in [6.07, 6.45) is 0.702. The maximum atomic E-state index is 12.2. The largest absolute Gasteiger partial charge is 0.508 e. The number of aryl methyl sites for hydroxylation is 1. The summed E-state index contributed by atoms with van der Waals surface area (Å²) in [4.78, 5) is 12.2. The molecule has 2 aromatic rings. The highest BCUT2D eigenvalue weighted by atomic mass is 16.5. The summed E-state index contributed by atoms with van der Waals surface area (Å²) in [5, 5.41) is 19.0. The lowest BCUT2D eigenvalue weighted by Gasteiger charge is -2.10. The first-order chi connectivity index (χ1) is 10.5. The molecule has 2 N–H and O–H groups in total. The van der Waals surface area contributed by atoms with Gasteiger partial charge in [-0.3, -0.25) is 4.79 Å². The molecule has 0 aromatic heterocycles. The van der Waals surface area contributed by atoms with Crippen LogP contribution in [0.1, 0.15) is 22.3 Å². The van der Waals surface area contributed by atoms with Crippen LogP contribution in [0.2, 0.25) is 0 Å². The van der Waals surface area contributed by atoms with Crippen LogP contribution in [0.4, 0.5) is 0 Å². The summed E-state index contributed by atoms with van der Waals surface area (Å²) in [5.41, 5.74) is 1.08. The molecule has 0 saturated heterocycles. The van der Waals surface area contributed by atoms with Gasteiger partial charge < -0.3 is 19.7 Å². The van der Waals surface area contributed by atoms with E-state index in [2.05, 4.69) is 0 Å². The number of ketones is 1. The molecule has 0 unspecified atom stereocenters. The Bertz CT molecular complexity index is 679. The van der Waals surface area contributed by atoms with Crippen molar-refractivity contribution < 1.29 is 24.5 Å². The molecule has 0 aliphatic carbocycles. The van der Waals surface area contributed by atoms with E-state index in [4.69, 9.17) is 9.47 Å². The van der Waals surface area contributed by atoms with Crippen molar-refractivity contribution in [2.24, 2.45) is 0 Å². The van der Waals surface area contributed by atoms with Gasteiger partial charge in [0.1, 0.15) is 23.0 Å². The highest BCUT2D eigenvalue weighted by Crippen LogP contribution is 2.27. The van der Waals surface area contributed by atoms with Crippen molar-refractivity contribution in [3.8, 4) is 23.0 Å². The number of benzene rings is 2. The first kappa shape index (κ1) is 15.7. The Morgan fingerprint density at radius 3 is 2.45 bits per heavy atom. The second kappa shape index (κ2) is 6.85. The number of carbonyl (C=O) groups is 1. The van der Waals surface area contributed by atoms with Crippen LogP contribution in [0.5, 0.6) is 23.0 Å². The maximum absolute atomic E-state index is 12.2. The fraction of sp³-hybridized carbons (Fsp3) is 0.235. The fourth-order valence-electron chi connectivity index (χ4n) is 2.20. The molecular formula is C17H18O5. The molecule has 116 valence electrons. The summed E-state index contributed by atoms with van der Waals surface area (Å²) >= 11 is 0. The van der Waals surface area contributed by atoms with Gasteiger partial charge in [0.2, 0.25) is 0 Å². The minimum Gasteiger partial charge on any atom is -0.508 e. The predicted octanol–water partition coefficient (Wildman–Crippen LogP) is 2.93. The Kier molecular flexibility index (Phi) is 4.88. The Labute approximate surface area is 128 Å². The van der Waals surface area contributed by atoms with E-state index < -0.39 is 0 Å². The molecule has 2 aromatic carbocycles. The van der Waals surface area contributed by atoms with Crippen LogP contribution in [-0.2, 0) is 6.42 Å². The zero-order valence-electron chi connectivity index (χ0n) is 12.5. The molecule has 0 heterocycles. The van der Waals surface area contributed by atoms with Crippen LogP contribution in [0.15, 0.2) is 36.4 Å². The first-order valence-electron chi connectivity index (χ1n) is 6.81. The molecule has 0 bridgehead atoms. The normalized spacial score (nSPS) is 10.3. The highest BCUT2D eigenvalue weighted by Gasteiger charge is 2.13. The van der Waals surface area contributed by atoms with Gasteiger partial charge >= 0.3 is 0 Å². The maximum Gasteiger partial charge on any atom is 0.166 e. The monoisotopic (exact) mass is 302 g/mol. The van der Waals surface area contributed by atoms with E-state index in [-0.39, 0.29) is 29.3 Å². The predicted molar refractivity (Wildman–Crippen MR) is 82.0 cm³/mol. The molecule has 0 spiro atoms. The van der Waals surface area contributed by atoms with Gasteiger partial charge in [-0.25, -0.2) is 0 Å². The van der Waals surface area contributed by atoms with Crippen LogP contribution in [0.25, 0.3) is 0 Å². The van der Waals surface area contributed by atoms with Crippen molar-refractivity contribution in [2.45, 2.75) is 12.8 Å². The minimum atomic E-state index is -0.216. The van der Waals surface area contributed by atoms with Gasteiger partial charge in [0.25, 0.3) is 0 Å². The van der Waals surface area contributed by atoms with E-state index in [1.807, 2.05) is 6.07 Å².